The van der Waals surface area contributed by atoms with Gasteiger partial charge in [0.15, 0.2) is 0 Å². The number of carbonyl (C=O) groups is 1. The molecule has 1 aromatic carbocycles. The van der Waals surface area contributed by atoms with Crippen molar-refractivity contribution < 1.29 is 9.32 Å². The van der Waals surface area contributed by atoms with Crippen molar-refractivity contribution in [1.82, 2.24) is 10.5 Å². The summed E-state index contributed by atoms with van der Waals surface area (Å²) in [5.41, 5.74) is 3.00. The minimum absolute atomic E-state index is 0.00500. The Morgan fingerprint density at radius 2 is 2.04 bits per heavy atom. The van der Waals surface area contributed by atoms with E-state index < -0.39 is 0 Å². The van der Waals surface area contributed by atoms with Gasteiger partial charge in [-0.3, -0.25) is 4.79 Å². The molecule has 1 heterocycles. The van der Waals surface area contributed by atoms with Crippen LogP contribution < -0.4 is 5.32 Å². The second kappa shape index (κ2) is 9.98. The van der Waals surface area contributed by atoms with E-state index in [4.69, 9.17) is 4.52 Å². The quantitative estimate of drug-likeness (QED) is 0.527. The molecule has 4 nitrogen and oxygen atoms in total. The van der Waals surface area contributed by atoms with Crippen molar-refractivity contribution in [2.75, 3.05) is 12.3 Å². The number of benzene rings is 1. The lowest BCUT2D eigenvalue weighted by atomic mass is 10.1. The van der Waals surface area contributed by atoms with Crippen LogP contribution in [0.2, 0.25) is 0 Å². The van der Waals surface area contributed by atoms with Gasteiger partial charge in [-0.25, -0.2) is 0 Å². The summed E-state index contributed by atoms with van der Waals surface area (Å²) in [5.74, 6) is 1.08. The molecule has 0 saturated heterocycles. The summed E-state index contributed by atoms with van der Waals surface area (Å²) < 4.78 is 5.35. The van der Waals surface area contributed by atoms with Crippen LogP contribution in [-0.4, -0.2) is 23.4 Å². The van der Waals surface area contributed by atoms with Gasteiger partial charge in [0.1, 0.15) is 11.5 Å². The van der Waals surface area contributed by atoms with Crippen LogP contribution in [0, 0.1) is 6.92 Å². The summed E-state index contributed by atoms with van der Waals surface area (Å²) in [7, 11) is 0. The second-order valence-corrected chi connectivity index (χ2v) is 5.94. The maximum Gasteiger partial charge on any atom is 0.229 e. The molecule has 0 aliphatic rings. The molecule has 0 radical (unpaired) electrons. The standard InChI is InChI=1S/C19H24N2O2S/c1-15-17(19(21-23-15)16-10-6-5-7-11-16)12-8-3-2-4-9-13-20-18(22)14-24/h5-8,10-12,24H,2-4,9,13-14H2,1H3,(H,20,22)/b12-8-. The Morgan fingerprint density at radius 3 is 2.79 bits per heavy atom. The summed E-state index contributed by atoms with van der Waals surface area (Å²) in [6, 6.07) is 10.1. The fraction of sp³-hybridized carbons (Fsp3) is 0.368. The highest BCUT2D eigenvalue weighted by atomic mass is 32.1. The minimum atomic E-state index is -0.00500. The van der Waals surface area contributed by atoms with Gasteiger partial charge >= 0.3 is 0 Å². The lowest BCUT2D eigenvalue weighted by Gasteiger charge is -2.02. The van der Waals surface area contributed by atoms with Gasteiger partial charge in [-0.2, -0.15) is 12.6 Å². The van der Waals surface area contributed by atoms with E-state index in [0.29, 0.717) is 0 Å². The number of hydrogen-bond acceptors (Lipinski definition) is 4. The highest BCUT2D eigenvalue weighted by molar-refractivity contribution is 7.81. The predicted octanol–water partition coefficient (Wildman–Crippen LogP) is 4.27. The molecule has 24 heavy (non-hydrogen) atoms. The zero-order valence-corrected chi connectivity index (χ0v) is 14.9. The predicted molar refractivity (Wildman–Crippen MR) is 101 cm³/mol. The van der Waals surface area contributed by atoms with Crippen LogP contribution in [0.5, 0.6) is 0 Å². The minimum Gasteiger partial charge on any atom is -0.360 e. The average Bonchev–Trinajstić information content (AvgIpc) is 2.98. The first-order chi connectivity index (χ1) is 11.7. The summed E-state index contributed by atoms with van der Waals surface area (Å²) in [5, 5.41) is 7.00. The van der Waals surface area contributed by atoms with Crippen molar-refractivity contribution in [3.05, 3.63) is 47.7 Å². The number of carbonyl (C=O) groups excluding carboxylic acids is 1. The molecule has 2 rings (SSSR count). The van der Waals surface area contributed by atoms with E-state index in [0.717, 1.165) is 54.8 Å². The lowest BCUT2D eigenvalue weighted by molar-refractivity contribution is -0.118. The first-order valence-corrected chi connectivity index (χ1v) is 8.91. The number of aromatic nitrogens is 1. The Bertz CT molecular complexity index is 665. The van der Waals surface area contributed by atoms with E-state index in [1.54, 1.807) is 0 Å². The number of nitrogens with zero attached hydrogens (tertiary/aromatic N) is 1. The summed E-state index contributed by atoms with van der Waals surface area (Å²) in [4.78, 5) is 11.0. The van der Waals surface area contributed by atoms with Crippen LogP contribution in [0.3, 0.4) is 0 Å². The summed E-state index contributed by atoms with van der Waals surface area (Å²) >= 11 is 3.92. The van der Waals surface area contributed by atoms with E-state index in [2.05, 4.69) is 35.3 Å². The van der Waals surface area contributed by atoms with Crippen molar-refractivity contribution in [3.8, 4) is 11.3 Å². The van der Waals surface area contributed by atoms with Crippen molar-refractivity contribution in [2.24, 2.45) is 0 Å². The molecule has 128 valence electrons. The zero-order valence-electron chi connectivity index (χ0n) is 14.0. The van der Waals surface area contributed by atoms with Gasteiger partial charge in [-0.05, 0) is 26.2 Å². The molecule has 1 N–H and O–H groups in total. The van der Waals surface area contributed by atoms with Gasteiger partial charge in [0, 0.05) is 17.7 Å². The molecule has 0 bridgehead atoms. The fourth-order valence-electron chi connectivity index (χ4n) is 2.43. The molecule has 5 heteroatoms. The largest absolute Gasteiger partial charge is 0.360 e. The van der Waals surface area contributed by atoms with Crippen molar-refractivity contribution in [2.45, 2.75) is 32.6 Å². The van der Waals surface area contributed by atoms with Crippen LogP contribution >= 0.6 is 12.6 Å². The monoisotopic (exact) mass is 344 g/mol. The van der Waals surface area contributed by atoms with Crippen molar-refractivity contribution >= 4 is 24.6 Å². The number of aryl methyl sites for hydroxylation is 1. The maximum atomic E-state index is 11.0. The number of nitrogens with one attached hydrogen (secondary N) is 1. The Balaban J connectivity index is 1.79. The second-order valence-electron chi connectivity index (χ2n) is 5.63. The van der Waals surface area contributed by atoms with Crippen LogP contribution in [0.4, 0.5) is 0 Å². The Hall–Kier alpha value is -2.01. The molecule has 1 amide bonds. The third kappa shape index (κ3) is 5.57. The molecule has 1 aromatic heterocycles. The number of rotatable bonds is 9. The van der Waals surface area contributed by atoms with Crippen LogP contribution in [-0.2, 0) is 4.79 Å². The Morgan fingerprint density at radius 1 is 1.25 bits per heavy atom. The average molecular weight is 344 g/mol. The normalized spacial score (nSPS) is 11.1. The van der Waals surface area contributed by atoms with Gasteiger partial charge < -0.3 is 9.84 Å². The van der Waals surface area contributed by atoms with E-state index >= 15 is 0 Å². The van der Waals surface area contributed by atoms with E-state index in [1.165, 1.54) is 0 Å². The molecule has 0 fully saturated rings. The first-order valence-electron chi connectivity index (χ1n) is 8.28. The van der Waals surface area contributed by atoms with Gasteiger partial charge in [-0.15, -0.1) is 0 Å². The van der Waals surface area contributed by atoms with Gasteiger partial charge in [0.05, 0.1) is 5.75 Å². The Kier molecular flexibility index (Phi) is 7.62. The smallest absolute Gasteiger partial charge is 0.229 e. The summed E-state index contributed by atoms with van der Waals surface area (Å²) in [6.45, 7) is 2.66. The molecule has 0 atom stereocenters. The lowest BCUT2D eigenvalue weighted by Crippen LogP contribution is -2.25. The number of allylic oxidation sites excluding steroid dienone is 1. The topological polar surface area (TPSA) is 55.1 Å². The number of hydrogen-bond donors (Lipinski definition) is 2. The van der Waals surface area contributed by atoms with Crippen LogP contribution in [0.15, 0.2) is 40.9 Å². The first kappa shape index (κ1) is 18.3. The molecular weight excluding hydrogens is 320 g/mol. The third-order valence-electron chi connectivity index (χ3n) is 3.75. The number of amides is 1. The molecule has 0 unspecified atom stereocenters. The third-order valence-corrected chi connectivity index (χ3v) is 4.04. The highest BCUT2D eigenvalue weighted by Crippen LogP contribution is 2.26. The van der Waals surface area contributed by atoms with Gasteiger partial charge in [0.25, 0.3) is 0 Å². The molecule has 0 saturated carbocycles. The van der Waals surface area contributed by atoms with Gasteiger partial charge in [0.2, 0.25) is 5.91 Å². The molecule has 0 aliphatic carbocycles. The molecule has 2 aromatic rings. The van der Waals surface area contributed by atoms with E-state index in [1.807, 2.05) is 37.3 Å². The SMILES string of the molecule is Cc1onc(-c2ccccc2)c1/C=C\CCCCCNC(=O)CS. The van der Waals surface area contributed by atoms with Crippen LogP contribution in [0.1, 0.15) is 37.0 Å². The van der Waals surface area contributed by atoms with E-state index in [-0.39, 0.29) is 11.7 Å². The number of unbranched alkanes of at least 4 members (excludes halogenated alkanes) is 3. The van der Waals surface area contributed by atoms with E-state index in [9.17, 15) is 4.79 Å². The van der Waals surface area contributed by atoms with Crippen molar-refractivity contribution in [3.63, 3.8) is 0 Å². The fourth-order valence-corrected chi connectivity index (χ4v) is 2.54. The molecular formula is C19H24N2O2S. The zero-order chi connectivity index (χ0) is 17.2. The van der Waals surface area contributed by atoms with Crippen molar-refractivity contribution in [1.29, 1.82) is 0 Å². The number of thiol groups is 1. The summed E-state index contributed by atoms with van der Waals surface area (Å²) in [6.07, 6.45) is 8.44. The Labute approximate surface area is 148 Å². The maximum absolute atomic E-state index is 11.0. The molecule has 0 aliphatic heterocycles. The van der Waals surface area contributed by atoms with Gasteiger partial charge in [-0.1, -0.05) is 54.1 Å². The van der Waals surface area contributed by atoms with Crippen LogP contribution in [0.25, 0.3) is 17.3 Å². The molecule has 0 spiro atoms. The highest BCUT2D eigenvalue weighted by Gasteiger charge is 2.11.